The van der Waals surface area contributed by atoms with Crippen molar-refractivity contribution < 1.29 is 9.13 Å². The van der Waals surface area contributed by atoms with Crippen molar-refractivity contribution in [3.63, 3.8) is 0 Å². The third-order valence-corrected chi connectivity index (χ3v) is 3.29. The predicted octanol–water partition coefficient (Wildman–Crippen LogP) is 3.24. The molecule has 0 bridgehead atoms. The van der Waals surface area contributed by atoms with Crippen LogP contribution in [0.5, 0.6) is 5.75 Å². The fraction of sp³-hybridized carbons (Fsp3) is 0.133. The Morgan fingerprint density at radius 2 is 1.85 bits per heavy atom. The Kier molecular flexibility index (Phi) is 4.20. The first-order valence-corrected chi connectivity index (χ1v) is 6.41. The van der Waals surface area contributed by atoms with Crippen molar-refractivity contribution in [2.45, 2.75) is 0 Å². The molecule has 0 atom stereocenters. The molecule has 2 rings (SSSR count). The summed E-state index contributed by atoms with van der Waals surface area (Å²) < 4.78 is 19.2. The van der Waals surface area contributed by atoms with Gasteiger partial charge >= 0.3 is 0 Å². The minimum atomic E-state index is -0.367. The molecule has 0 aliphatic heterocycles. The molecular formula is C15H15FN2OS. The lowest BCUT2D eigenvalue weighted by molar-refractivity contribution is 0.415. The van der Waals surface area contributed by atoms with Crippen LogP contribution >= 0.6 is 12.2 Å². The molecule has 20 heavy (non-hydrogen) atoms. The molecule has 0 saturated carbocycles. The van der Waals surface area contributed by atoms with Gasteiger partial charge in [-0.15, -0.1) is 0 Å². The van der Waals surface area contributed by atoms with Crippen LogP contribution in [0.25, 0.3) is 0 Å². The molecule has 0 spiro atoms. The second kappa shape index (κ2) is 5.88. The molecule has 0 fully saturated rings. The molecule has 0 amide bonds. The summed E-state index contributed by atoms with van der Waals surface area (Å²) in [4.78, 5) is 1.93. The Balaban J connectivity index is 2.32. The van der Waals surface area contributed by atoms with Crippen LogP contribution < -0.4 is 15.4 Å². The Hall–Kier alpha value is -2.14. The summed E-state index contributed by atoms with van der Waals surface area (Å²) in [6, 6.07) is 12.1. The van der Waals surface area contributed by atoms with Crippen molar-refractivity contribution in [3.05, 3.63) is 53.8 Å². The van der Waals surface area contributed by atoms with Crippen LogP contribution in [0, 0.1) is 5.82 Å². The van der Waals surface area contributed by atoms with E-state index in [0.29, 0.717) is 11.3 Å². The Morgan fingerprint density at radius 1 is 1.20 bits per heavy atom. The Bertz CT molecular complexity index is 628. The Morgan fingerprint density at radius 3 is 2.35 bits per heavy atom. The fourth-order valence-corrected chi connectivity index (χ4v) is 2.00. The SMILES string of the molecule is COc1ccc(N(C)c2ccc(C(N)=S)cc2F)cc1. The number of rotatable bonds is 4. The van der Waals surface area contributed by atoms with Crippen molar-refractivity contribution in [1.29, 1.82) is 0 Å². The Labute approximate surface area is 122 Å². The molecule has 5 heteroatoms. The molecule has 0 saturated heterocycles. The summed E-state index contributed by atoms with van der Waals surface area (Å²) in [6.45, 7) is 0. The molecule has 104 valence electrons. The lowest BCUT2D eigenvalue weighted by Gasteiger charge is -2.20. The topological polar surface area (TPSA) is 38.5 Å². The van der Waals surface area contributed by atoms with Crippen molar-refractivity contribution >= 4 is 28.6 Å². The smallest absolute Gasteiger partial charge is 0.147 e. The van der Waals surface area contributed by atoms with Gasteiger partial charge in [0.15, 0.2) is 0 Å². The normalized spacial score (nSPS) is 10.2. The number of ether oxygens (including phenoxy) is 1. The van der Waals surface area contributed by atoms with Crippen LogP contribution in [-0.2, 0) is 0 Å². The van der Waals surface area contributed by atoms with Gasteiger partial charge in [0, 0.05) is 18.3 Å². The summed E-state index contributed by atoms with van der Waals surface area (Å²) in [7, 11) is 3.40. The summed E-state index contributed by atoms with van der Waals surface area (Å²) in [5.74, 6) is 0.389. The van der Waals surface area contributed by atoms with E-state index in [9.17, 15) is 4.39 Å². The van der Waals surface area contributed by atoms with Gasteiger partial charge < -0.3 is 15.4 Å². The van der Waals surface area contributed by atoms with Gasteiger partial charge in [-0.1, -0.05) is 12.2 Å². The second-order valence-corrected chi connectivity index (χ2v) is 4.73. The van der Waals surface area contributed by atoms with E-state index in [0.717, 1.165) is 11.4 Å². The van der Waals surface area contributed by atoms with E-state index in [2.05, 4.69) is 0 Å². The van der Waals surface area contributed by atoms with Gasteiger partial charge in [0.2, 0.25) is 0 Å². The number of hydrogen-bond donors (Lipinski definition) is 1. The first-order valence-electron chi connectivity index (χ1n) is 6.00. The van der Waals surface area contributed by atoms with Crippen molar-refractivity contribution in [2.75, 3.05) is 19.1 Å². The number of anilines is 2. The minimum absolute atomic E-state index is 0.183. The van der Waals surface area contributed by atoms with Crippen LogP contribution in [0.15, 0.2) is 42.5 Å². The number of thiocarbonyl (C=S) groups is 1. The van der Waals surface area contributed by atoms with Gasteiger partial charge in [-0.3, -0.25) is 0 Å². The standard InChI is InChI=1S/C15H15FN2OS/c1-18(11-4-6-12(19-2)7-5-11)14-8-3-10(15(17)20)9-13(14)16/h3-9H,1-2H3,(H2,17,20). The lowest BCUT2D eigenvalue weighted by Crippen LogP contribution is -2.14. The number of hydrogen-bond acceptors (Lipinski definition) is 3. The van der Waals surface area contributed by atoms with Crippen LogP contribution in [0.4, 0.5) is 15.8 Å². The van der Waals surface area contributed by atoms with Crippen LogP contribution in [0.3, 0.4) is 0 Å². The third kappa shape index (κ3) is 2.88. The zero-order valence-electron chi connectivity index (χ0n) is 11.3. The van der Waals surface area contributed by atoms with Gasteiger partial charge in [0.05, 0.1) is 12.8 Å². The maximum absolute atomic E-state index is 14.1. The molecule has 0 unspecified atom stereocenters. The van der Waals surface area contributed by atoms with E-state index in [1.165, 1.54) is 6.07 Å². The number of benzene rings is 2. The lowest BCUT2D eigenvalue weighted by atomic mass is 10.1. The van der Waals surface area contributed by atoms with Crippen LogP contribution in [-0.4, -0.2) is 19.1 Å². The molecule has 2 N–H and O–H groups in total. The van der Waals surface area contributed by atoms with E-state index >= 15 is 0 Å². The van der Waals surface area contributed by atoms with Crippen molar-refractivity contribution in [2.24, 2.45) is 5.73 Å². The first kappa shape index (κ1) is 14.3. The van der Waals surface area contributed by atoms with E-state index in [-0.39, 0.29) is 10.8 Å². The number of methoxy groups -OCH3 is 1. The largest absolute Gasteiger partial charge is 0.497 e. The molecular weight excluding hydrogens is 275 g/mol. The summed E-state index contributed by atoms with van der Waals surface area (Å²) in [6.07, 6.45) is 0. The maximum atomic E-state index is 14.1. The predicted molar refractivity (Wildman–Crippen MR) is 83.3 cm³/mol. The quantitative estimate of drug-likeness (QED) is 0.877. The van der Waals surface area contributed by atoms with Gasteiger partial charge in [-0.05, 0) is 42.5 Å². The molecule has 2 aromatic carbocycles. The number of halogens is 1. The van der Waals surface area contributed by atoms with E-state index in [1.807, 2.05) is 24.3 Å². The first-order chi connectivity index (χ1) is 9.52. The summed E-state index contributed by atoms with van der Waals surface area (Å²) in [5, 5.41) is 0. The van der Waals surface area contributed by atoms with Crippen LogP contribution in [0.2, 0.25) is 0 Å². The average Bonchev–Trinajstić information content (AvgIpc) is 2.46. The number of nitrogens with zero attached hydrogens (tertiary/aromatic N) is 1. The minimum Gasteiger partial charge on any atom is -0.497 e. The fourth-order valence-electron chi connectivity index (χ4n) is 1.88. The van der Waals surface area contributed by atoms with Crippen molar-refractivity contribution in [3.8, 4) is 5.75 Å². The molecule has 0 radical (unpaired) electrons. The highest BCUT2D eigenvalue weighted by Crippen LogP contribution is 2.28. The van der Waals surface area contributed by atoms with Gasteiger partial charge in [0.25, 0.3) is 0 Å². The van der Waals surface area contributed by atoms with Gasteiger partial charge in [-0.2, -0.15) is 0 Å². The maximum Gasteiger partial charge on any atom is 0.147 e. The molecule has 0 aromatic heterocycles. The van der Waals surface area contributed by atoms with E-state index in [4.69, 9.17) is 22.7 Å². The summed E-state index contributed by atoms with van der Waals surface area (Å²) >= 11 is 4.84. The van der Waals surface area contributed by atoms with E-state index < -0.39 is 0 Å². The molecule has 0 heterocycles. The second-order valence-electron chi connectivity index (χ2n) is 4.29. The summed E-state index contributed by atoms with van der Waals surface area (Å²) in [5.41, 5.74) is 7.32. The van der Waals surface area contributed by atoms with Crippen molar-refractivity contribution in [1.82, 2.24) is 0 Å². The van der Waals surface area contributed by atoms with Gasteiger partial charge in [0.1, 0.15) is 16.6 Å². The number of nitrogens with two attached hydrogens (primary N) is 1. The highest BCUT2D eigenvalue weighted by Gasteiger charge is 2.11. The third-order valence-electron chi connectivity index (χ3n) is 3.05. The molecule has 0 aliphatic carbocycles. The van der Waals surface area contributed by atoms with Gasteiger partial charge in [-0.25, -0.2) is 4.39 Å². The molecule has 3 nitrogen and oxygen atoms in total. The van der Waals surface area contributed by atoms with E-state index in [1.54, 1.807) is 31.2 Å². The monoisotopic (exact) mass is 290 g/mol. The zero-order chi connectivity index (χ0) is 14.7. The molecule has 2 aromatic rings. The zero-order valence-corrected chi connectivity index (χ0v) is 12.1. The average molecular weight is 290 g/mol. The van der Waals surface area contributed by atoms with Crippen LogP contribution in [0.1, 0.15) is 5.56 Å². The highest BCUT2D eigenvalue weighted by atomic mass is 32.1. The highest BCUT2D eigenvalue weighted by molar-refractivity contribution is 7.80. The molecule has 0 aliphatic rings.